The van der Waals surface area contributed by atoms with Crippen LogP contribution in [0.2, 0.25) is 0 Å². The van der Waals surface area contributed by atoms with Crippen LogP contribution in [-0.4, -0.2) is 60.6 Å². The Morgan fingerprint density at radius 1 is 1.04 bits per heavy atom. The first-order valence-corrected chi connectivity index (χ1v) is 9.36. The van der Waals surface area contributed by atoms with Gasteiger partial charge in [0.1, 0.15) is 5.82 Å². The summed E-state index contributed by atoms with van der Waals surface area (Å²) in [7, 11) is 0. The minimum absolute atomic E-state index is 0.537. The zero-order chi connectivity index (χ0) is 18.9. The molecule has 5 heterocycles. The third-order valence-corrected chi connectivity index (χ3v) is 4.84. The van der Waals surface area contributed by atoms with Crippen LogP contribution in [-0.2, 0) is 11.3 Å². The molecule has 0 N–H and O–H groups in total. The Bertz CT molecular complexity index is 1080. The Balaban J connectivity index is 1.77. The van der Waals surface area contributed by atoms with Crippen molar-refractivity contribution in [2.75, 3.05) is 31.2 Å². The van der Waals surface area contributed by atoms with Gasteiger partial charge in [-0.1, -0.05) is 0 Å². The molecule has 0 spiro atoms. The zero-order valence-electron chi connectivity index (χ0n) is 15.6. The molecule has 1 aliphatic heterocycles. The van der Waals surface area contributed by atoms with E-state index in [0.717, 1.165) is 48.0 Å². The van der Waals surface area contributed by atoms with E-state index < -0.39 is 0 Å². The number of fused-ring (bicyclic) bond motifs is 1. The monoisotopic (exact) mass is 376 g/mol. The van der Waals surface area contributed by atoms with Crippen LogP contribution >= 0.6 is 0 Å². The third-order valence-electron chi connectivity index (χ3n) is 4.84. The highest BCUT2D eigenvalue weighted by atomic mass is 16.5. The van der Waals surface area contributed by atoms with Gasteiger partial charge in [0.25, 0.3) is 5.95 Å². The number of aromatic nitrogens is 7. The number of nitrogens with zero attached hydrogens (tertiary/aromatic N) is 8. The van der Waals surface area contributed by atoms with Crippen LogP contribution in [0.5, 0.6) is 0 Å². The van der Waals surface area contributed by atoms with Crippen molar-refractivity contribution >= 4 is 17.0 Å². The van der Waals surface area contributed by atoms with E-state index >= 15 is 0 Å². The molecule has 0 radical (unpaired) electrons. The quantitative estimate of drug-likeness (QED) is 0.538. The molecule has 0 saturated carbocycles. The number of anilines is 1. The van der Waals surface area contributed by atoms with Gasteiger partial charge in [-0.25, -0.2) is 9.67 Å². The fourth-order valence-corrected chi connectivity index (χ4v) is 3.48. The largest absolute Gasteiger partial charge is 0.378 e. The average molecular weight is 376 g/mol. The minimum atomic E-state index is 0.537. The normalized spacial score (nSPS) is 14.7. The van der Waals surface area contributed by atoms with Gasteiger partial charge in [-0.3, -0.25) is 4.98 Å². The number of hydrogen-bond acceptors (Lipinski definition) is 7. The van der Waals surface area contributed by atoms with Gasteiger partial charge < -0.3 is 14.2 Å². The number of ether oxygens (including phenoxy) is 1. The maximum Gasteiger partial charge on any atom is 0.254 e. The van der Waals surface area contributed by atoms with Crippen LogP contribution in [0.25, 0.3) is 28.5 Å². The maximum atomic E-state index is 5.52. The molecule has 1 aliphatic rings. The molecule has 0 unspecified atom stereocenters. The van der Waals surface area contributed by atoms with Gasteiger partial charge >= 0.3 is 0 Å². The van der Waals surface area contributed by atoms with Gasteiger partial charge in [0, 0.05) is 50.0 Å². The van der Waals surface area contributed by atoms with E-state index in [2.05, 4.69) is 26.5 Å². The first kappa shape index (κ1) is 16.8. The zero-order valence-corrected chi connectivity index (χ0v) is 15.6. The molecule has 4 aromatic heterocycles. The summed E-state index contributed by atoms with van der Waals surface area (Å²) in [5, 5.41) is 4.31. The predicted octanol–water partition coefficient (Wildman–Crippen LogP) is 1.93. The van der Waals surface area contributed by atoms with Crippen molar-refractivity contribution in [1.29, 1.82) is 0 Å². The lowest BCUT2D eigenvalue weighted by atomic mass is 10.2. The van der Waals surface area contributed by atoms with Crippen LogP contribution in [0.4, 0.5) is 5.82 Å². The Morgan fingerprint density at radius 2 is 1.86 bits per heavy atom. The van der Waals surface area contributed by atoms with E-state index in [1.54, 1.807) is 23.3 Å². The van der Waals surface area contributed by atoms with Crippen LogP contribution < -0.4 is 4.90 Å². The number of rotatable bonds is 4. The number of hydrogen-bond donors (Lipinski definition) is 0. The van der Waals surface area contributed by atoms with Crippen molar-refractivity contribution in [3.8, 4) is 17.3 Å². The highest BCUT2D eigenvalue weighted by molar-refractivity contribution is 5.87. The van der Waals surface area contributed by atoms with Gasteiger partial charge in [-0.15, -0.1) is 0 Å². The predicted molar refractivity (Wildman–Crippen MR) is 104 cm³/mol. The average Bonchev–Trinajstić information content (AvgIpc) is 3.42. The molecule has 0 aromatic carbocycles. The summed E-state index contributed by atoms with van der Waals surface area (Å²) in [5.41, 5.74) is 2.60. The molecular weight excluding hydrogens is 356 g/mol. The maximum absolute atomic E-state index is 5.52. The van der Waals surface area contributed by atoms with Crippen molar-refractivity contribution in [2.45, 2.75) is 13.5 Å². The second-order valence-corrected chi connectivity index (χ2v) is 6.49. The smallest absolute Gasteiger partial charge is 0.254 e. The summed E-state index contributed by atoms with van der Waals surface area (Å²) in [6.45, 7) is 5.73. The molecule has 1 fully saturated rings. The molecule has 9 heteroatoms. The Morgan fingerprint density at radius 3 is 2.57 bits per heavy atom. The molecule has 142 valence electrons. The Hall–Kier alpha value is -3.33. The highest BCUT2D eigenvalue weighted by Crippen LogP contribution is 2.30. The topological polar surface area (TPSA) is 86.8 Å². The number of imidazole rings is 1. The first-order chi connectivity index (χ1) is 13.8. The van der Waals surface area contributed by atoms with Crippen LogP contribution in [0.3, 0.4) is 0 Å². The number of aryl methyl sites for hydroxylation is 1. The summed E-state index contributed by atoms with van der Waals surface area (Å²) in [6.07, 6.45) is 7.12. The van der Waals surface area contributed by atoms with Crippen molar-refractivity contribution in [3.05, 3.63) is 43.0 Å². The van der Waals surface area contributed by atoms with Gasteiger partial charge in [0.2, 0.25) is 0 Å². The summed E-state index contributed by atoms with van der Waals surface area (Å²) < 4.78 is 9.32. The summed E-state index contributed by atoms with van der Waals surface area (Å²) in [4.78, 5) is 20.9. The molecule has 9 nitrogen and oxygen atoms in total. The number of pyridine rings is 1. The van der Waals surface area contributed by atoms with E-state index in [-0.39, 0.29) is 0 Å². The number of morpholine rings is 1. The van der Waals surface area contributed by atoms with Crippen LogP contribution in [0, 0.1) is 0 Å². The molecule has 0 aliphatic carbocycles. The van der Waals surface area contributed by atoms with Crippen molar-refractivity contribution in [1.82, 2.24) is 34.3 Å². The third kappa shape index (κ3) is 2.80. The molecule has 28 heavy (non-hydrogen) atoms. The molecule has 0 atom stereocenters. The fourth-order valence-electron chi connectivity index (χ4n) is 3.48. The lowest BCUT2D eigenvalue weighted by Gasteiger charge is -2.28. The molecule has 4 aromatic rings. The van der Waals surface area contributed by atoms with Crippen molar-refractivity contribution in [2.24, 2.45) is 0 Å². The first-order valence-electron chi connectivity index (χ1n) is 9.36. The van der Waals surface area contributed by atoms with Gasteiger partial charge in [0.05, 0.1) is 13.2 Å². The molecule has 1 saturated heterocycles. The molecule has 0 amide bonds. The standard InChI is InChI=1S/C19H20N8O/c1-2-26-16(14-4-7-20-8-5-14)22-15-17(25-10-12-28-13-11-25)23-19(24-18(15)26)27-9-3-6-21-27/h3-9H,2,10-13H2,1H3. The van der Waals surface area contributed by atoms with Crippen LogP contribution in [0.15, 0.2) is 43.0 Å². The summed E-state index contributed by atoms with van der Waals surface area (Å²) in [6, 6.07) is 5.79. The van der Waals surface area contributed by atoms with Gasteiger partial charge in [0.15, 0.2) is 17.0 Å². The highest BCUT2D eigenvalue weighted by Gasteiger charge is 2.23. The van der Waals surface area contributed by atoms with E-state index in [1.807, 2.05) is 24.4 Å². The van der Waals surface area contributed by atoms with Gasteiger partial charge in [-0.05, 0) is 25.1 Å². The second-order valence-electron chi connectivity index (χ2n) is 6.49. The minimum Gasteiger partial charge on any atom is -0.378 e. The molecule has 0 bridgehead atoms. The van der Waals surface area contributed by atoms with Crippen LogP contribution in [0.1, 0.15) is 6.92 Å². The lowest BCUT2D eigenvalue weighted by molar-refractivity contribution is 0.122. The fraction of sp³-hybridized carbons (Fsp3) is 0.316. The molecular formula is C19H20N8O. The van der Waals surface area contributed by atoms with E-state index in [4.69, 9.17) is 19.7 Å². The Labute approximate surface area is 161 Å². The van der Waals surface area contributed by atoms with Crippen molar-refractivity contribution < 1.29 is 4.74 Å². The van der Waals surface area contributed by atoms with Gasteiger partial charge in [-0.2, -0.15) is 15.1 Å². The lowest BCUT2D eigenvalue weighted by Crippen LogP contribution is -2.37. The Kier molecular flexibility index (Phi) is 4.21. The van der Waals surface area contributed by atoms with E-state index in [9.17, 15) is 0 Å². The SMILES string of the molecule is CCn1c(-c2ccncc2)nc2c(N3CCOCC3)nc(-n3cccn3)nc21. The van der Waals surface area contributed by atoms with E-state index in [0.29, 0.717) is 19.2 Å². The summed E-state index contributed by atoms with van der Waals surface area (Å²) in [5.74, 6) is 2.22. The second kappa shape index (κ2) is 7.01. The molecule has 5 rings (SSSR count). The van der Waals surface area contributed by atoms with E-state index in [1.165, 1.54) is 0 Å². The summed E-state index contributed by atoms with van der Waals surface area (Å²) >= 11 is 0. The van der Waals surface area contributed by atoms with Crippen molar-refractivity contribution in [3.63, 3.8) is 0 Å².